The molecule has 3 N–H and O–H groups in total. The van der Waals surface area contributed by atoms with E-state index in [9.17, 15) is 4.79 Å². The highest BCUT2D eigenvalue weighted by molar-refractivity contribution is 5.81. The highest BCUT2D eigenvalue weighted by Gasteiger charge is 2.42. The molecule has 29 heavy (non-hydrogen) atoms. The molecule has 1 amide bonds. The van der Waals surface area contributed by atoms with Crippen LogP contribution in [0.2, 0.25) is 0 Å². The summed E-state index contributed by atoms with van der Waals surface area (Å²) in [6, 6.07) is 20.1. The molecule has 2 heterocycles. The monoisotopic (exact) mass is 392 g/mol. The first kappa shape index (κ1) is 20.1. The van der Waals surface area contributed by atoms with Gasteiger partial charge in [-0.2, -0.15) is 0 Å². The number of hydrogen-bond acceptors (Lipinski definition) is 4. The molecule has 0 bridgehead atoms. The van der Waals surface area contributed by atoms with Gasteiger partial charge < -0.3 is 5.32 Å². The number of amides is 1. The predicted molar refractivity (Wildman–Crippen MR) is 117 cm³/mol. The molecule has 0 radical (unpaired) electrons. The largest absolute Gasteiger partial charge is 0.353 e. The van der Waals surface area contributed by atoms with Gasteiger partial charge in [-0.05, 0) is 43.9 Å². The van der Waals surface area contributed by atoms with Gasteiger partial charge in [0.25, 0.3) is 0 Å². The van der Waals surface area contributed by atoms with Crippen LogP contribution in [0, 0.1) is 5.92 Å². The maximum absolute atomic E-state index is 12.5. The second-order valence-electron chi connectivity index (χ2n) is 8.65. The number of fused-ring (bicyclic) bond motifs is 1. The average Bonchev–Trinajstić information content (AvgIpc) is 3.16. The molecule has 2 saturated heterocycles. The van der Waals surface area contributed by atoms with E-state index in [0.717, 1.165) is 19.5 Å². The van der Waals surface area contributed by atoms with E-state index < -0.39 is 0 Å². The summed E-state index contributed by atoms with van der Waals surface area (Å²) in [5, 5.41) is 3.05. The van der Waals surface area contributed by atoms with Crippen LogP contribution in [0.1, 0.15) is 38.8 Å². The number of piperidine rings is 1. The Morgan fingerprint density at radius 3 is 2.38 bits per heavy atom. The Morgan fingerprint density at radius 2 is 1.69 bits per heavy atom. The molecule has 0 spiro atoms. The van der Waals surface area contributed by atoms with Gasteiger partial charge in [-0.1, -0.05) is 54.6 Å². The normalized spacial score (nSPS) is 25.6. The number of nitrogens with zero attached hydrogens (tertiary/aromatic N) is 1. The number of carbonyl (C=O) groups is 1. The van der Waals surface area contributed by atoms with Crippen molar-refractivity contribution in [1.82, 2.24) is 21.1 Å². The van der Waals surface area contributed by atoms with Crippen LogP contribution in [0.25, 0.3) is 11.1 Å². The van der Waals surface area contributed by atoms with Crippen LogP contribution >= 0.6 is 0 Å². The summed E-state index contributed by atoms with van der Waals surface area (Å²) in [5.74, 6) is 0.571. The predicted octanol–water partition coefficient (Wildman–Crippen LogP) is 3.11. The Balaban J connectivity index is 1.46. The zero-order valence-corrected chi connectivity index (χ0v) is 17.6. The Hall–Kier alpha value is -2.21. The van der Waals surface area contributed by atoms with E-state index in [2.05, 4.69) is 69.6 Å². The fourth-order valence-electron chi connectivity index (χ4n) is 4.60. The first-order valence-corrected chi connectivity index (χ1v) is 10.7. The zero-order valence-electron chi connectivity index (χ0n) is 17.6. The summed E-state index contributed by atoms with van der Waals surface area (Å²) in [7, 11) is 0. The Morgan fingerprint density at radius 1 is 1.00 bits per heavy atom. The molecule has 2 aromatic carbocycles. The second-order valence-corrected chi connectivity index (χ2v) is 8.65. The van der Waals surface area contributed by atoms with E-state index in [4.69, 9.17) is 0 Å². The third-order valence-electron chi connectivity index (χ3n) is 6.28. The van der Waals surface area contributed by atoms with Crippen molar-refractivity contribution < 1.29 is 4.79 Å². The van der Waals surface area contributed by atoms with Gasteiger partial charge in [0.15, 0.2) is 0 Å². The van der Waals surface area contributed by atoms with Crippen LogP contribution in [0.5, 0.6) is 0 Å². The molecular weight excluding hydrogens is 360 g/mol. The molecule has 0 aromatic heterocycles. The Labute approximate surface area is 173 Å². The van der Waals surface area contributed by atoms with Crippen molar-refractivity contribution in [3.05, 3.63) is 60.2 Å². The van der Waals surface area contributed by atoms with Crippen molar-refractivity contribution in [2.75, 3.05) is 13.1 Å². The van der Waals surface area contributed by atoms with E-state index in [1.807, 2.05) is 26.8 Å². The molecule has 2 fully saturated rings. The van der Waals surface area contributed by atoms with Crippen molar-refractivity contribution in [3.63, 3.8) is 0 Å². The van der Waals surface area contributed by atoms with Crippen LogP contribution in [-0.4, -0.2) is 42.0 Å². The van der Waals surface area contributed by atoms with Gasteiger partial charge >= 0.3 is 0 Å². The topological polar surface area (TPSA) is 56.4 Å². The lowest BCUT2D eigenvalue weighted by molar-refractivity contribution is -0.127. The number of carbonyl (C=O) groups excluding carboxylic acids is 1. The van der Waals surface area contributed by atoms with Gasteiger partial charge in [-0.3, -0.25) is 15.1 Å². The van der Waals surface area contributed by atoms with E-state index in [0.29, 0.717) is 12.0 Å². The molecule has 4 rings (SSSR count). The Bertz CT molecular complexity index is 821. The van der Waals surface area contributed by atoms with Gasteiger partial charge in [-0.25, -0.2) is 5.43 Å². The molecule has 0 aliphatic carbocycles. The third kappa shape index (κ3) is 4.37. The minimum absolute atomic E-state index is 0.0972. The fourth-order valence-corrected chi connectivity index (χ4v) is 4.60. The third-order valence-corrected chi connectivity index (χ3v) is 6.28. The quantitative estimate of drug-likeness (QED) is 0.732. The first-order chi connectivity index (χ1) is 14.0. The lowest BCUT2D eigenvalue weighted by atomic mass is 9.84. The molecule has 0 saturated carbocycles. The van der Waals surface area contributed by atoms with E-state index in [1.54, 1.807) is 0 Å². The summed E-state index contributed by atoms with van der Waals surface area (Å²) in [5.41, 5.74) is 10.8. The van der Waals surface area contributed by atoms with Gasteiger partial charge in [0.1, 0.15) is 0 Å². The molecular formula is C24H32N4O. The number of likely N-dealkylation sites (tertiary alicyclic amines) is 1. The van der Waals surface area contributed by atoms with E-state index in [1.165, 1.54) is 16.7 Å². The minimum Gasteiger partial charge on any atom is -0.353 e. The van der Waals surface area contributed by atoms with Crippen molar-refractivity contribution in [2.24, 2.45) is 5.92 Å². The lowest BCUT2D eigenvalue weighted by Crippen LogP contribution is -2.53. The molecule has 2 aliphatic heterocycles. The highest BCUT2D eigenvalue weighted by atomic mass is 16.2. The zero-order chi connectivity index (χ0) is 20.4. The fraction of sp³-hybridized carbons (Fsp3) is 0.458. The van der Waals surface area contributed by atoms with Crippen molar-refractivity contribution in [1.29, 1.82) is 0 Å². The maximum Gasteiger partial charge on any atom is 0.237 e. The summed E-state index contributed by atoms with van der Waals surface area (Å²) < 4.78 is 0. The van der Waals surface area contributed by atoms with Gasteiger partial charge in [0, 0.05) is 31.1 Å². The average molecular weight is 393 g/mol. The van der Waals surface area contributed by atoms with Crippen LogP contribution < -0.4 is 16.2 Å². The summed E-state index contributed by atoms with van der Waals surface area (Å²) >= 11 is 0. The smallest absolute Gasteiger partial charge is 0.237 e. The van der Waals surface area contributed by atoms with Crippen molar-refractivity contribution in [2.45, 2.75) is 51.4 Å². The standard InChI is InChI=1S/C24H32N4O/c1-16(2)25-24(29)17(3)28-14-13-22-21(15-28)23(27-26-22)20-11-9-19(10-12-20)18-7-5-4-6-8-18/h4-12,16-17,21-23,26-27H,13-15H2,1-3H3,(H,25,29). The molecule has 2 aromatic rings. The second kappa shape index (κ2) is 8.66. The highest BCUT2D eigenvalue weighted by Crippen LogP contribution is 2.35. The van der Waals surface area contributed by atoms with E-state index >= 15 is 0 Å². The number of hydrogen-bond donors (Lipinski definition) is 3. The number of nitrogens with one attached hydrogen (secondary N) is 3. The summed E-state index contributed by atoms with van der Waals surface area (Å²) in [6.07, 6.45) is 1.05. The first-order valence-electron chi connectivity index (χ1n) is 10.7. The molecule has 4 atom stereocenters. The summed E-state index contributed by atoms with van der Waals surface area (Å²) in [4.78, 5) is 14.8. The molecule has 5 heteroatoms. The Kier molecular flexibility index (Phi) is 5.99. The number of hydrazine groups is 1. The van der Waals surface area contributed by atoms with E-state index in [-0.39, 0.29) is 24.0 Å². The molecule has 5 nitrogen and oxygen atoms in total. The summed E-state index contributed by atoms with van der Waals surface area (Å²) in [6.45, 7) is 7.91. The number of rotatable bonds is 5. The molecule has 4 unspecified atom stereocenters. The van der Waals surface area contributed by atoms with Gasteiger partial charge in [0.2, 0.25) is 5.91 Å². The van der Waals surface area contributed by atoms with Crippen LogP contribution in [0.15, 0.2) is 54.6 Å². The van der Waals surface area contributed by atoms with Crippen LogP contribution in [0.3, 0.4) is 0 Å². The van der Waals surface area contributed by atoms with Crippen LogP contribution in [0.4, 0.5) is 0 Å². The number of benzene rings is 2. The lowest BCUT2D eigenvalue weighted by Gasteiger charge is -2.39. The SMILES string of the molecule is CC(C)NC(=O)C(C)N1CCC2NNC(c3ccc(-c4ccccc4)cc3)C2C1. The van der Waals surface area contributed by atoms with Gasteiger partial charge in [0.05, 0.1) is 12.1 Å². The molecule has 2 aliphatic rings. The maximum atomic E-state index is 12.5. The van der Waals surface area contributed by atoms with Gasteiger partial charge in [-0.15, -0.1) is 0 Å². The minimum atomic E-state index is -0.0972. The van der Waals surface area contributed by atoms with Crippen molar-refractivity contribution in [3.8, 4) is 11.1 Å². The molecule has 154 valence electrons. The van der Waals surface area contributed by atoms with Crippen LogP contribution in [-0.2, 0) is 4.79 Å². The van der Waals surface area contributed by atoms with Crippen molar-refractivity contribution >= 4 is 5.91 Å².